The molecule has 0 saturated carbocycles. The molecule has 4 nitrogen and oxygen atoms in total. The van der Waals surface area contributed by atoms with Crippen molar-refractivity contribution in [3.8, 4) is 5.88 Å². The van der Waals surface area contributed by atoms with E-state index in [2.05, 4.69) is 9.72 Å². The Morgan fingerprint density at radius 3 is 2.61 bits per heavy atom. The first kappa shape index (κ1) is 15.3. The van der Waals surface area contributed by atoms with Crippen molar-refractivity contribution in [1.82, 2.24) is 4.98 Å². The van der Waals surface area contributed by atoms with E-state index in [-0.39, 0.29) is 15.1 Å². The fraction of sp³-hybridized carbons (Fsp3) is 0.333. The van der Waals surface area contributed by atoms with Crippen LogP contribution in [0.1, 0.15) is 11.1 Å². The molecule has 0 bridgehead atoms. The van der Waals surface area contributed by atoms with Crippen molar-refractivity contribution in [3.63, 3.8) is 0 Å². The molecule has 0 aliphatic heterocycles. The number of carbonyl (C=O) groups is 1. The lowest BCUT2D eigenvalue weighted by Gasteiger charge is -2.12. The lowest BCUT2D eigenvalue weighted by molar-refractivity contribution is -0.276. The van der Waals surface area contributed by atoms with Crippen molar-refractivity contribution in [1.29, 1.82) is 0 Å². The van der Waals surface area contributed by atoms with Gasteiger partial charge in [-0.2, -0.15) is 0 Å². The lowest BCUT2D eigenvalue weighted by atomic mass is 10.1. The maximum atomic E-state index is 12.0. The SMILES string of the molecule is O=C(O)Cc1cc(OC(F)(F)F)nc(I)c1CCl. The molecule has 1 aromatic heterocycles. The minimum Gasteiger partial charge on any atom is -0.481 e. The summed E-state index contributed by atoms with van der Waals surface area (Å²) in [5.41, 5.74) is 0.533. The van der Waals surface area contributed by atoms with Gasteiger partial charge < -0.3 is 9.84 Å². The topological polar surface area (TPSA) is 59.4 Å². The van der Waals surface area contributed by atoms with E-state index in [1.54, 1.807) is 22.6 Å². The van der Waals surface area contributed by atoms with Crippen LogP contribution >= 0.6 is 34.2 Å². The average molecular weight is 396 g/mol. The molecule has 0 spiro atoms. The van der Waals surface area contributed by atoms with E-state index < -0.39 is 24.6 Å². The van der Waals surface area contributed by atoms with Crippen LogP contribution in [0.15, 0.2) is 6.07 Å². The second kappa shape index (κ2) is 5.91. The summed E-state index contributed by atoms with van der Waals surface area (Å²) in [6.07, 6.45) is -5.33. The van der Waals surface area contributed by atoms with Gasteiger partial charge in [-0.15, -0.1) is 24.8 Å². The van der Waals surface area contributed by atoms with E-state index in [1.807, 2.05) is 0 Å². The van der Waals surface area contributed by atoms with Crippen LogP contribution < -0.4 is 4.74 Å². The van der Waals surface area contributed by atoms with Crippen LogP contribution in [-0.4, -0.2) is 22.4 Å². The van der Waals surface area contributed by atoms with Crippen LogP contribution in [0.25, 0.3) is 0 Å². The third kappa shape index (κ3) is 4.48. The van der Waals surface area contributed by atoms with Crippen LogP contribution in [0, 0.1) is 3.70 Å². The number of alkyl halides is 4. The summed E-state index contributed by atoms with van der Waals surface area (Å²) in [5.74, 6) is -1.92. The largest absolute Gasteiger partial charge is 0.574 e. The Kier molecular flexibility index (Phi) is 5.02. The van der Waals surface area contributed by atoms with Gasteiger partial charge >= 0.3 is 12.3 Å². The zero-order valence-corrected chi connectivity index (χ0v) is 11.5. The highest BCUT2D eigenvalue weighted by Crippen LogP contribution is 2.27. The van der Waals surface area contributed by atoms with Gasteiger partial charge in [-0.3, -0.25) is 4.79 Å². The molecule has 0 saturated heterocycles. The number of nitrogens with zero attached hydrogens (tertiary/aromatic N) is 1. The predicted molar refractivity (Wildman–Crippen MR) is 64.5 cm³/mol. The summed E-state index contributed by atoms with van der Waals surface area (Å²) in [6.45, 7) is 0. The Morgan fingerprint density at radius 1 is 1.56 bits per heavy atom. The first-order chi connectivity index (χ1) is 8.23. The first-order valence-corrected chi connectivity index (χ1v) is 6.06. The van der Waals surface area contributed by atoms with Crippen molar-refractivity contribution in [3.05, 3.63) is 20.9 Å². The summed E-state index contributed by atoms with van der Waals surface area (Å²) in [4.78, 5) is 14.2. The van der Waals surface area contributed by atoms with E-state index >= 15 is 0 Å². The zero-order valence-electron chi connectivity index (χ0n) is 8.59. The molecule has 1 rings (SSSR count). The quantitative estimate of drug-likeness (QED) is 0.484. The first-order valence-electron chi connectivity index (χ1n) is 4.44. The van der Waals surface area contributed by atoms with Gasteiger partial charge in [-0.05, 0) is 28.2 Å². The molecule has 0 unspecified atom stereocenters. The molecule has 1 heterocycles. The van der Waals surface area contributed by atoms with Crippen LogP contribution in [0.2, 0.25) is 0 Å². The van der Waals surface area contributed by atoms with Crippen LogP contribution in [0.3, 0.4) is 0 Å². The Balaban J connectivity index is 3.17. The normalized spacial score (nSPS) is 11.4. The van der Waals surface area contributed by atoms with E-state index in [0.717, 1.165) is 6.07 Å². The Bertz CT molecular complexity index is 467. The molecule has 0 atom stereocenters. The minimum absolute atomic E-state index is 0.0415. The number of ether oxygens (including phenoxy) is 1. The van der Waals surface area contributed by atoms with Crippen molar-refractivity contribution >= 4 is 40.2 Å². The summed E-state index contributed by atoms with van der Waals surface area (Å²) >= 11 is 7.28. The molecule has 9 heteroatoms. The van der Waals surface area contributed by atoms with Crippen LogP contribution in [0.4, 0.5) is 13.2 Å². The van der Waals surface area contributed by atoms with E-state index in [9.17, 15) is 18.0 Å². The number of hydrogen-bond acceptors (Lipinski definition) is 3. The maximum Gasteiger partial charge on any atom is 0.574 e. The maximum absolute atomic E-state index is 12.0. The molecule has 0 amide bonds. The number of carboxylic acids is 1. The Morgan fingerprint density at radius 2 is 2.17 bits per heavy atom. The fourth-order valence-corrected chi connectivity index (χ4v) is 2.50. The van der Waals surface area contributed by atoms with E-state index in [1.165, 1.54) is 0 Å². The van der Waals surface area contributed by atoms with Crippen LogP contribution in [0.5, 0.6) is 5.88 Å². The van der Waals surface area contributed by atoms with Crippen molar-refractivity contribution in [2.75, 3.05) is 0 Å². The van der Waals surface area contributed by atoms with E-state index in [0.29, 0.717) is 5.56 Å². The lowest BCUT2D eigenvalue weighted by Crippen LogP contribution is -2.19. The molecular formula is C9H6ClF3INO3. The molecule has 18 heavy (non-hydrogen) atoms. The molecular weight excluding hydrogens is 389 g/mol. The highest BCUT2D eigenvalue weighted by atomic mass is 127. The van der Waals surface area contributed by atoms with Crippen molar-refractivity contribution in [2.45, 2.75) is 18.7 Å². The van der Waals surface area contributed by atoms with Gasteiger partial charge in [0.25, 0.3) is 0 Å². The summed E-state index contributed by atoms with van der Waals surface area (Å²) < 4.78 is 40.0. The Hall–Kier alpha value is -0.770. The summed E-state index contributed by atoms with van der Waals surface area (Å²) in [6, 6.07) is 0.932. The van der Waals surface area contributed by atoms with Gasteiger partial charge in [0.15, 0.2) is 0 Å². The van der Waals surface area contributed by atoms with Gasteiger partial charge in [-0.1, -0.05) is 0 Å². The van der Waals surface area contributed by atoms with Crippen LogP contribution in [-0.2, 0) is 17.1 Å². The highest BCUT2D eigenvalue weighted by molar-refractivity contribution is 14.1. The molecule has 0 fully saturated rings. The smallest absolute Gasteiger partial charge is 0.481 e. The molecule has 0 aromatic carbocycles. The number of aliphatic carboxylic acids is 1. The van der Waals surface area contributed by atoms with Crippen molar-refractivity contribution < 1.29 is 27.8 Å². The summed E-state index contributed by atoms with van der Waals surface area (Å²) in [7, 11) is 0. The third-order valence-corrected chi connectivity index (χ3v) is 3.00. The highest BCUT2D eigenvalue weighted by Gasteiger charge is 2.32. The number of pyridine rings is 1. The van der Waals surface area contributed by atoms with E-state index in [4.69, 9.17) is 16.7 Å². The molecule has 0 aliphatic rings. The second-order valence-corrected chi connectivity index (χ2v) is 4.43. The van der Waals surface area contributed by atoms with Gasteiger partial charge in [0.1, 0.15) is 3.70 Å². The standard InChI is InChI=1S/C9H6ClF3INO3/c10-3-5-4(2-7(16)17)1-6(15-8(5)14)18-9(11,12)13/h1H,2-3H2,(H,16,17). The van der Waals surface area contributed by atoms with Gasteiger partial charge in [-0.25, -0.2) is 4.98 Å². The number of hydrogen-bond donors (Lipinski definition) is 1. The van der Waals surface area contributed by atoms with Gasteiger partial charge in [0.05, 0.1) is 12.3 Å². The molecule has 0 aliphatic carbocycles. The minimum atomic E-state index is -4.88. The second-order valence-electron chi connectivity index (χ2n) is 3.14. The number of halogens is 5. The average Bonchev–Trinajstić information content (AvgIpc) is 2.13. The van der Waals surface area contributed by atoms with Crippen molar-refractivity contribution in [2.24, 2.45) is 0 Å². The monoisotopic (exact) mass is 395 g/mol. The molecule has 1 aromatic rings. The van der Waals surface area contributed by atoms with Gasteiger partial charge in [0, 0.05) is 11.6 Å². The predicted octanol–water partition coefficient (Wildman–Crippen LogP) is 2.95. The fourth-order valence-electron chi connectivity index (χ4n) is 1.20. The molecule has 1 N–H and O–H groups in total. The number of aromatic nitrogens is 1. The Labute approximate surface area is 118 Å². The third-order valence-electron chi connectivity index (χ3n) is 1.84. The number of carboxylic acid groups (broad SMARTS) is 1. The van der Waals surface area contributed by atoms with Gasteiger partial charge in [0.2, 0.25) is 5.88 Å². The molecule has 100 valence electrons. The number of rotatable bonds is 4. The zero-order chi connectivity index (χ0) is 13.9. The summed E-state index contributed by atoms with van der Waals surface area (Å²) in [5, 5.41) is 8.67. The molecule has 0 radical (unpaired) electrons.